The Morgan fingerprint density at radius 1 is 1.24 bits per heavy atom. The smallest absolute Gasteiger partial charge is 0.138 e. The SMILES string of the molecule is C[C@]12C=CCCC1=CC=C1[C@H]2CC[C@@]2(C)[C@H]1C=CC2(N)O. The highest BCUT2D eigenvalue weighted by atomic mass is 16.3. The summed E-state index contributed by atoms with van der Waals surface area (Å²) in [5.41, 5.74) is 7.96. The van der Waals surface area contributed by atoms with Gasteiger partial charge in [-0.05, 0) is 37.7 Å². The average molecular weight is 283 g/mol. The van der Waals surface area contributed by atoms with Gasteiger partial charge in [-0.25, -0.2) is 0 Å². The van der Waals surface area contributed by atoms with Crippen molar-refractivity contribution in [1.82, 2.24) is 0 Å². The van der Waals surface area contributed by atoms with Crippen LogP contribution in [-0.4, -0.2) is 10.8 Å². The minimum absolute atomic E-state index is 0.173. The van der Waals surface area contributed by atoms with Crippen molar-refractivity contribution in [3.8, 4) is 0 Å². The molecule has 0 aromatic rings. The predicted molar refractivity (Wildman–Crippen MR) is 85.2 cm³/mol. The zero-order chi connectivity index (χ0) is 14.9. The Morgan fingerprint density at radius 3 is 2.86 bits per heavy atom. The van der Waals surface area contributed by atoms with E-state index in [9.17, 15) is 5.11 Å². The van der Waals surface area contributed by atoms with Crippen molar-refractivity contribution in [3.63, 3.8) is 0 Å². The van der Waals surface area contributed by atoms with Gasteiger partial charge in [0.05, 0.1) is 0 Å². The normalized spacial score (nSPS) is 50.9. The lowest BCUT2D eigenvalue weighted by Crippen LogP contribution is -2.56. The monoisotopic (exact) mass is 283 g/mol. The number of allylic oxidation sites excluding steroid dienone is 7. The highest BCUT2D eigenvalue weighted by Gasteiger charge is 2.58. The van der Waals surface area contributed by atoms with Crippen LogP contribution < -0.4 is 5.73 Å². The molecule has 2 heteroatoms. The summed E-state index contributed by atoms with van der Waals surface area (Å²) < 4.78 is 0. The highest BCUT2D eigenvalue weighted by molar-refractivity contribution is 5.45. The molecule has 1 fully saturated rings. The molecule has 1 saturated carbocycles. The van der Waals surface area contributed by atoms with E-state index in [1.54, 1.807) is 5.57 Å². The highest BCUT2D eigenvalue weighted by Crippen LogP contribution is 2.62. The standard InChI is InChI=1S/C19H25NO/c1-17-10-4-3-5-13(17)6-7-14-15(17)8-11-18(2)16(14)9-12-19(18,20)21/h4,6-7,9-10,12,15-16,21H,3,5,8,11,20H2,1-2H3/t15-,16+,17+,18+,19?/m1/s1. The summed E-state index contributed by atoms with van der Waals surface area (Å²) in [4.78, 5) is 0. The van der Waals surface area contributed by atoms with Crippen LogP contribution in [0.15, 0.2) is 47.6 Å². The largest absolute Gasteiger partial charge is 0.372 e. The van der Waals surface area contributed by atoms with Crippen LogP contribution in [-0.2, 0) is 0 Å². The summed E-state index contributed by atoms with van der Waals surface area (Å²) in [5.74, 6) is 0.835. The summed E-state index contributed by atoms with van der Waals surface area (Å²) in [5, 5.41) is 10.6. The first-order valence-electron chi connectivity index (χ1n) is 8.18. The Kier molecular flexibility index (Phi) is 2.57. The van der Waals surface area contributed by atoms with Crippen LogP contribution in [0.25, 0.3) is 0 Å². The first kappa shape index (κ1) is 13.5. The molecule has 0 aromatic carbocycles. The van der Waals surface area contributed by atoms with Crippen LogP contribution >= 0.6 is 0 Å². The number of aliphatic hydroxyl groups is 1. The zero-order valence-corrected chi connectivity index (χ0v) is 13.0. The number of hydrogen-bond donors (Lipinski definition) is 2. The van der Waals surface area contributed by atoms with Crippen LogP contribution in [0.5, 0.6) is 0 Å². The first-order valence-corrected chi connectivity index (χ1v) is 8.18. The molecule has 2 nitrogen and oxygen atoms in total. The summed E-state index contributed by atoms with van der Waals surface area (Å²) in [6.07, 6.45) is 17.8. The Balaban J connectivity index is 1.81. The minimum atomic E-state index is -1.17. The molecule has 4 aliphatic rings. The molecule has 0 bridgehead atoms. The molecule has 0 heterocycles. The quantitative estimate of drug-likeness (QED) is 0.528. The summed E-state index contributed by atoms with van der Waals surface area (Å²) in [6, 6.07) is 0. The number of fused-ring (bicyclic) bond motifs is 5. The van der Waals surface area contributed by atoms with Crippen molar-refractivity contribution in [3.05, 3.63) is 47.6 Å². The molecule has 21 heavy (non-hydrogen) atoms. The van der Waals surface area contributed by atoms with E-state index in [0.29, 0.717) is 5.92 Å². The van der Waals surface area contributed by atoms with Gasteiger partial charge in [-0.2, -0.15) is 0 Å². The van der Waals surface area contributed by atoms with Gasteiger partial charge in [0, 0.05) is 16.7 Å². The number of rotatable bonds is 0. The van der Waals surface area contributed by atoms with E-state index in [1.807, 2.05) is 6.08 Å². The van der Waals surface area contributed by atoms with Crippen molar-refractivity contribution >= 4 is 0 Å². The lowest BCUT2D eigenvalue weighted by atomic mass is 9.52. The Hall–Kier alpha value is -1.12. The van der Waals surface area contributed by atoms with Gasteiger partial charge < -0.3 is 5.11 Å². The summed E-state index contributed by atoms with van der Waals surface area (Å²) in [7, 11) is 0. The Morgan fingerprint density at radius 2 is 2.05 bits per heavy atom. The van der Waals surface area contributed by atoms with Gasteiger partial charge in [0.15, 0.2) is 0 Å². The molecule has 3 N–H and O–H groups in total. The molecule has 1 unspecified atom stereocenters. The third-order valence-electron chi connectivity index (χ3n) is 6.80. The van der Waals surface area contributed by atoms with E-state index in [0.717, 1.165) is 12.8 Å². The first-order chi connectivity index (χ1) is 9.88. The van der Waals surface area contributed by atoms with Crippen LogP contribution in [0, 0.1) is 22.7 Å². The lowest BCUT2D eigenvalue weighted by molar-refractivity contribution is -0.0569. The molecule has 0 aromatic heterocycles. The van der Waals surface area contributed by atoms with Gasteiger partial charge in [-0.1, -0.05) is 55.4 Å². The van der Waals surface area contributed by atoms with Gasteiger partial charge in [0.25, 0.3) is 0 Å². The summed E-state index contributed by atoms with van der Waals surface area (Å²) in [6.45, 7) is 4.54. The van der Waals surface area contributed by atoms with Crippen molar-refractivity contribution in [2.75, 3.05) is 0 Å². The fourth-order valence-electron chi connectivity index (χ4n) is 5.17. The van der Waals surface area contributed by atoms with Crippen molar-refractivity contribution in [2.24, 2.45) is 28.4 Å². The average Bonchev–Trinajstić information content (AvgIpc) is 2.69. The molecule has 0 saturated heterocycles. The molecule has 0 aliphatic heterocycles. The van der Waals surface area contributed by atoms with Crippen LogP contribution in [0.1, 0.15) is 39.5 Å². The predicted octanol–water partition coefficient (Wildman–Crippen LogP) is 3.46. The Bertz CT molecular complexity index is 609. The fraction of sp³-hybridized carbons (Fsp3) is 0.579. The van der Waals surface area contributed by atoms with Crippen LogP contribution in [0.2, 0.25) is 0 Å². The molecule has 0 amide bonds. The molecular formula is C19H25NO. The van der Waals surface area contributed by atoms with Crippen LogP contribution in [0.3, 0.4) is 0 Å². The molecule has 4 rings (SSSR count). The second kappa shape index (κ2) is 3.99. The maximum atomic E-state index is 10.6. The maximum Gasteiger partial charge on any atom is 0.138 e. The van der Waals surface area contributed by atoms with Gasteiger partial charge in [0.2, 0.25) is 0 Å². The fourth-order valence-corrected chi connectivity index (χ4v) is 5.17. The molecule has 4 aliphatic carbocycles. The topological polar surface area (TPSA) is 46.2 Å². The van der Waals surface area contributed by atoms with Gasteiger partial charge in [0.1, 0.15) is 5.72 Å². The van der Waals surface area contributed by atoms with Crippen molar-refractivity contribution in [1.29, 1.82) is 0 Å². The molecule has 0 spiro atoms. The number of nitrogens with two attached hydrogens (primary N) is 1. The van der Waals surface area contributed by atoms with Crippen LogP contribution in [0.4, 0.5) is 0 Å². The van der Waals surface area contributed by atoms with E-state index >= 15 is 0 Å². The zero-order valence-electron chi connectivity index (χ0n) is 13.0. The second-order valence-corrected chi connectivity index (χ2v) is 7.75. The van der Waals surface area contributed by atoms with E-state index in [2.05, 4.69) is 44.2 Å². The third-order valence-corrected chi connectivity index (χ3v) is 6.80. The van der Waals surface area contributed by atoms with Crippen molar-refractivity contribution < 1.29 is 5.11 Å². The van der Waals surface area contributed by atoms with Gasteiger partial charge >= 0.3 is 0 Å². The Labute approximate surface area is 127 Å². The second-order valence-electron chi connectivity index (χ2n) is 7.75. The molecular weight excluding hydrogens is 258 g/mol. The maximum absolute atomic E-state index is 10.6. The molecule has 112 valence electrons. The van der Waals surface area contributed by atoms with Gasteiger partial charge in [-0.15, -0.1) is 0 Å². The number of hydrogen-bond acceptors (Lipinski definition) is 2. The van der Waals surface area contributed by atoms with Crippen molar-refractivity contribution in [2.45, 2.75) is 45.3 Å². The molecule has 5 atom stereocenters. The van der Waals surface area contributed by atoms with E-state index in [-0.39, 0.29) is 16.7 Å². The van der Waals surface area contributed by atoms with Gasteiger partial charge in [-0.3, -0.25) is 5.73 Å². The van der Waals surface area contributed by atoms with E-state index in [1.165, 1.54) is 18.4 Å². The molecule has 0 radical (unpaired) electrons. The third kappa shape index (κ3) is 1.55. The van der Waals surface area contributed by atoms with E-state index < -0.39 is 5.72 Å². The van der Waals surface area contributed by atoms with E-state index in [4.69, 9.17) is 5.73 Å². The minimum Gasteiger partial charge on any atom is -0.372 e. The summed E-state index contributed by atoms with van der Waals surface area (Å²) >= 11 is 0. The lowest BCUT2D eigenvalue weighted by Gasteiger charge is -2.53.